The van der Waals surface area contributed by atoms with Crippen molar-refractivity contribution >= 4 is 11.6 Å². The van der Waals surface area contributed by atoms with Gasteiger partial charge in [-0.25, -0.2) is 0 Å². The van der Waals surface area contributed by atoms with E-state index in [-0.39, 0.29) is 75.6 Å². The third kappa shape index (κ3) is 3.85. The molecule has 0 aromatic heterocycles. The minimum Gasteiger partial charge on any atom is -0.390 e. The summed E-state index contributed by atoms with van der Waals surface area (Å²) in [6.07, 6.45) is 11.0. The largest absolute Gasteiger partial charge is 1.00 e. The molecule has 6 rings (SSSR count). The third-order valence-electron chi connectivity index (χ3n) is 13.1. The molecule has 0 aromatic rings. The van der Waals surface area contributed by atoms with E-state index in [0.29, 0.717) is 0 Å². The van der Waals surface area contributed by atoms with Crippen molar-refractivity contribution in [3.63, 3.8) is 0 Å². The van der Waals surface area contributed by atoms with E-state index < -0.39 is 10.8 Å². The molecule has 1 N–H and O–H groups in total. The molecule has 40 heavy (non-hydrogen) atoms. The van der Waals surface area contributed by atoms with Gasteiger partial charge < -0.3 is 10.0 Å². The Balaban J connectivity index is 0.00000323. The number of allylic oxidation sites excluding steroid dienone is 4. The first kappa shape index (κ1) is 30.3. The van der Waals surface area contributed by atoms with Crippen molar-refractivity contribution in [3.8, 4) is 6.07 Å². The van der Waals surface area contributed by atoms with Crippen molar-refractivity contribution in [1.82, 2.24) is 4.90 Å². The Morgan fingerprint density at radius 2 is 1.68 bits per heavy atom. The molecule has 1 heterocycles. The van der Waals surface area contributed by atoms with Crippen LogP contribution in [-0.2, 0) is 9.59 Å². The van der Waals surface area contributed by atoms with E-state index in [1.807, 2.05) is 26.0 Å². The summed E-state index contributed by atoms with van der Waals surface area (Å²) in [5, 5.41) is 19.9. The zero-order valence-electron chi connectivity index (χ0n) is 26.1. The van der Waals surface area contributed by atoms with E-state index in [9.17, 15) is 20.0 Å². The average molecular weight is 539 g/mol. The normalized spacial score (nSPS) is 44.4. The fourth-order valence-corrected chi connectivity index (χ4v) is 10.7. The fraction of sp³-hybridized carbons (Fsp3) is 0.765. The first-order valence-corrected chi connectivity index (χ1v) is 15.2. The maximum Gasteiger partial charge on any atom is 1.00 e. The number of β-amino-alcohol motifs (C(OH)–C–C–N with tert-alkyl or cyclic N) is 1. The van der Waals surface area contributed by atoms with Crippen LogP contribution in [0.5, 0.6) is 0 Å². The first-order valence-electron chi connectivity index (χ1n) is 15.2. The van der Waals surface area contributed by atoms with Crippen LogP contribution in [0.15, 0.2) is 23.3 Å². The number of nitrogens with zero attached hydrogens (tertiary/aromatic N) is 2. The van der Waals surface area contributed by atoms with Crippen LogP contribution >= 0.6 is 0 Å². The van der Waals surface area contributed by atoms with E-state index in [1.165, 1.54) is 12.3 Å². The zero-order valence-corrected chi connectivity index (χ0v) is 26.1. The molecule has 4 fully saturated rings. The molecule has 0 aromatic carbocycles. The number of aliphatic hydroxyl groups excluding tert-OH is 1. The average Bonchev–Trinajstić information content (AvgIpc) is 2.82. The molecule has 0 spiro atoms. The number of aliphatic hydroxyl groups is 1. The molecule has 0 bridgehead atoms. The van der Waals surface area contributed by atoms with Crippen LogP contribution in [0.3, 0.4) is 0 Å². The van der Waals surface area contributed by atoms with Crippen LogP contribution < -0.4 is 18.9 Å². The number of likely N-dealkylation sites (tertiary alicyclic amines) is 1. The van der Waals surface area contributed by atoms with E-state index in [4.69, 9.17) is 0 Å². The van der Waals surface area contributed by atoms with Crippen molar-refractivity contribution in [2.75, 3.05) is 19.6 Å². The van der Waals surface area contributed by atoms with E-state index >= 15 is 0 Å². The molecule has 1 aliphatic heterocycles. The summed E-state index contributed by atoms with van der Waals surface area (Å²) >= 11 is 0. The van der Waals surface area contributed by atoms with Crippen LogP contribution in [-0.4, -0.2) is 47.3 Å². The van der Waals surface area contributed by atoms with Gasteiger partial charge in [0, 0.05) is 23.9 Å². The molecule has 1 unspecified atom stereocenters. The molecule has 6 aliphatic rings. The van der Waals surface area contributed by atoms with Gasteiger partial charge in [0.15, 0.2) is 5.78 Å². The number of hydrogen-bond donors (Lipinski definition) is 1. The maximum atomic E-state index is 14.6. The van der Waals surface area contributed by atoms with Crippen molar-refractivity contribution < 1.29 is 33.6 Å². The summed E-state index contributed by atoms with van der Waals surface area (Å²) in [6, 6.07) is 2.21. The van der Waals surface area contributed by atoms with Crippen molar-refractivity contribution in [3.05, 3.63) is 29.2 Å². The van der Waals surface area contributed by atoms with Crippen LogP contribution in [0.1, 0.15) is 93.4 Å². The molecule has 0 amide bonds. The van der Waals surface area contributed by atoms with E-state index in [2.05, 4.69) is 45.6 Å². The van der Waals surface area contributed by atoms with Gasteiger partial charge in [-0.05, 0) is 42.2 Å². The molecule has 6 atom stereocenters. The zero-order chi connectivity index (χ0) is 28.4. The smallest absolute Gasteiger partial charge is 0.390 e. The van der Waals surface area contributed by atoms with E-state index in [1.54, 1.807) is 0 Å². The Morgan fingerprint density at radius 3 is 2.30 bits per heavy atom. The second kappa shape index (κ2) is 9.16. The summed E-state index contributed by atoms with van der Waals surface area (Å²) in [7, 11) is 0. The maximum absolute atomic E-state index is 14.6. The van der Waals surface area contributed by atoms with Gasteiger partial charge in [0.25, 0.3) is 0 Å². The van der Waals surface area contributed by atoms with Gasteiger partial charge in [0.1, 0.15) is 11.9 Å². The molecule has 3 saturated carbocycles. The van der Waals surface area contributed by atoms with Gasteiger partial charge in [-0.1, -0.05) is 97.1 Å². The minimum atomic E-state index is -0.636. The Hall–Kier alpha value is -1.17. The van der Waals surface area contributed by atoms with Gasteiger partial charge in [-0.15, -0.1) is 5.41 Å². The molecule has 6 heteroatoms. The van der Waals surface area contributed by atoms with Gasteiger partial charge in [-0.2, -0.15) is 11.7 Å². The van der Waals surface area contributed by atoms with Crippen LogP contribution in [0.25, 0.3) is 0 Å². The summed E-state index contributed by atoms with van der Waals surface area (Å²) < 4.78 is 0. The summed E-state index contributed by atoms with van der Waals surface area (Å²) in [6.45, 7) is 18.2. The molecule has 1 saturated heterocycles. The number of carbonyl (C=O) groups excluding carboxylic acids is 2. The SMILES string of the molecule is CC1(C)CC[C@]2(CN3CC(O)C3)CC[C@]3(C)[C@H](C(=O)C=C4[C@@]5(C)C=C(C#N)C(=O)C(C)(C)C5CC[C@]43C)[C-]2C1.[Li+]. The molecule has 5 nitrogen and oxygen atoms in total. The number of carbonyl (C=O) groups is 2. The summed E-state index contributed by atoms with van der Waals surface area (Å²) in [4.78, 5) is 30.2. The first-order chi connectivity index (χ1) is 18.0. The Labute approximate surface area is 253 Å². The van der Waals surface area contributed by atoms with Crippen LogP contribution in [0, 0.1) is 61.6 Å². The van der Waals surface area contributed by atoms with Crippen LogP contribution in [0.4, 0.5) is 0 Å². The molecule has 0 radical (unpaired) electrons. The quantitative estimate of drug-likeness (QED) is 0.432. The second-order valence-corrected chi connectivity index (χ2v) is 16.2. The molecular weight excluding hydrogens is 491 g/mol. The number of nitriles is 1. The standard InChI is InChI=1S/C34H47N2O3.Li/c1-29(2)10-12-34(20-36-18-22(37)19-36)13-11-33(7)27(23(34)16-29)24(38)14-26-31(5)15-21(17-35)28(39)30(3,4)25(31)8-9-32(26,33)6;/h14-15,22,25,27,37H,8-13,16,18-20H2,1-7H3;/q-1;+1/t25?,27-,31-,32+,33+,34+;/m0./s1. The number of hydrogen-bond acceptors (Lipinski definition) is 5. The summed E-state index contributed by atoms with van der Waals surface area (Å²) in [5.74, 6) is 1.65. The van der Waals surface area contributed by atoms with E-state index in [0.717, 1.165) is 63.7 Å². The van der Waals surface area contributed by atoms with Gasteiger partial charge in [0.05, 0.1) is 11.7 Å². The van der Waals surface area contributed by atoms with Crippen molar-refractivity contribution in [2.45, 2.75) is 99.5 Å². The Bertz CT molecular complexity index is 1240. The van der Waals surface area contributed by atoms with Crippen molar-refractivity contribution in [2.24, 2.45) is 44.3 Å². The monoisotopic (exact) mass is 538 g/mol. The number of ketones is 2. The predicted molar refractivity (Wildman–Crippen MR) is 151 cm³/mol. The molecule has 5 aliphatic carbocycles. The van der Waals surface area contributed by atoms with Crippen molar-refractivity contribution in [1.29, 1.82) is 5.26 Å². The Kier molecular flexibility index (Phi) is 6.94. The number of rotatable bonds is 2. The number of Topliss-reactive ketones (excluding diaryl/α,β-unsaturated/α-hetero) is 1. The summed E-state index contributed by atoms with van der Waals surface area (Å²) in [5.41, 5.74) is 0.141. The van der Waals surface area contributed by atoms with Gasteiger partial charge in [0.2, 0.25) is 0 Å². The van der Waals surface area contributed by atoms with Gasteiger partial charge >= 0.3 is 18.9 Å². The third-order valence-corrected chi connectivity index (χ3v) is 13.1. The molecular formula is C34H47LiN2O3. The van der Waals surface area contributed by atoms with Gasteiger partial charge in [-0.3, -0.25) is 15.5 Å². The topological polar surface area (TPSA) is 81.4 Å². The molecule has 212 valence electrons. The van der Waals surface area contributed by atoms with Crippen LogP contribution in [0.2, 0.25) is 0 Å². The Morgan fingerprint density at radius 1 is 1.02 bits per heavy atom. The fourth-order valence-electron chi connectivity index (χ4n) is 10.7. The predicted octanol–water partition coefficient (Wildman–Crippen LogP) is 2.84. The minimum absolute atomic E-state index is 0. The second-order valence-electron chi connectivity index (χ2n) is 16.2. The number of fused-ring (bicyclic) bond motifs is 7.